The Labute approximate surface area is 248 Å². The second kappa shape index (κ2) is 12.3. The number of carbonyl (C=O) groups excluding carboxylic acids is 1. The fourth-order valence-corrected chi connectivity index (χ4v) is 5.58. The van der Waals surface area contributed by atoms with E-state index in [2.05, 4.69) is 20.2 Å². The molecule has 13 heteroatoms. The Hall–Kier alpha value is -3.97. The van der Waals surface area contributed by atoms with Crippen molar-refractivity contribution < 1.29 is 22.7 Å². The first kappa shape index (κ1) is 30.5. The van der Waals surface area contributed by atoms with Crippen LogP contribution in [0.1, 0.15) is 43.1 Å². The smallest absolute Gasteiger partial charge is 0.264 e. The molecule has 0 aliphatic carbocycles. The topological polar surface area (TPSA) is 95.8 Å². The second-order valence-electron chi connectivity index (χ2n) is 11.4. The third-order valence-electron chi connectivity index (χ3n) is 8.03. The van der Waals surface area contributed by atoms with Gasteiger partial charge in [-0.3, -0.25) is 9.59 Å². The molecule has 5 rings (SSSR count). The summed E-state index contributed by atoms with van der Waals surface area (Å²) in [7, 11) is 3.38. The molecule has 0 spiro atoms. The minimum absolute atomic E-state index is 0.0121. The van der Waals surface area contributed by atoms with Crippen molar-refractivity contribution in [2.75, 3.05) is 54.9 Å². The number of anilines is 3. The van der Waals surface area contributed by atoms with Gasteiger partial charge in [-0.25, -0.2) is 23.1 Å². The summed E-state index contributed by atoms with van der Waals surface area (Å²) in [6, 6.07) is 3.73. The quantitative estimate of drug-likeness (QED) is 0.456. The van der Waals surface area contributed by atoms with Crippen molar-refractivity contribution >= 4 is 23.2 Å². The van der Waals surface area contributed by atoms with E-state index in [9.17, 15) is 18.4 Å². The number of benzene rings is 1. The van der Waals surface area contributed by atoms with Gasteiger partial charge in [0.1, 0.15) is 5.82 Å². The summed E-state index contributed by atoms with van der Waals surface area (Å²) in [6.45, 7) is 9.09. The Kier molecular flexibility index (Phi) is 8.74. The van der Waals surface area contributed by atoms with Crippen LogP contribution in [0.5, 0.6) is 0 Å². The van der Waals surface area contributed by atoms with E-state index in [-0.39, 0.29) is 35.1 Å². The second-order valence-corrected chi connectivity index (χ2v) is 11.4. The number of morpholine rings is 1. The Morgan fingerprint density at radius 1 is 1.00 bits per heavy atom. The van der Waals surface area contributed by atoms with Crippen LogP contribution in [0.4, 0.5) is 30.5 Å². The van der Waals surface area contributed by atoms with Crippen LogP contribution in [0.3, 0.4) is 0 Å². The predicted molar refractivity (Wildman–Crippen MR) is 159 cm³/mol. The van der Waals surface area contributed by atoms with Gasteiger partial charge in [0.15, 0.2) is 0 Å². The van der Waals surface area contributed by atoms with Crippen molar-refractivity contribution in [3.8, 4) is 11.1 Å². The number of hydrogen-bond donors (Lipinski definition) is 1. The van der Waals surface area contributed by atoms with Crippen molar-refractivity contribution in [3.05, 3.63) is 64.1 Å². The van der Waals surface area contributed by atoms with E-state index in [1.165, 1.54) is 31.6 Å². The number of alkyl halides is 2. The van der Waals surface area contributed by atoms with Crippen molar-refractivity contribution in [1.82, 2.24) is 19.4 Å². The third-order valence-corrected chi connectivity index (χ3v) is 8.03. The van der Waals surface area contributed by atoms with E-state index in [0.717, 1.165) is 16.8 Å². The molecule has 3 atom stereocenters. The summed E-state index contributed by atoms with van der Waals surface area (Å²) in [5, 5.41) is 2.73. The van der Waals surface area contributed by atoms with Crippen molar-refractivity contribution in [2.45, 2.75) is 45.4 Å². The molecule has 10 nitrogen and oxygen atoms in total. The highest BCUT2D eigenvalue weighted by Gasteiger charge is 2.28. The minimum Gasteiger partial charge on any atom is -0.372 e. The number of likely N-dealkylation sites (N-methyl/N-ethyl adjacent to an activating group) is 1. The highest BCUT2D eigenvalue weighted by Crippen LogP contribution is 2.36. The van der Waals surface area contributed by atoms with Crippen LogP contribution < -0.4 is 20.7 Å². The molecule has 2 aliphatic rings. The van der Waals surface area contributed by atoms with Crippen LogP contribution in [0, 0.1) is 5.82 Å². The van der Waals surface area contributed by atoms with Crippen LogP contribution in [0.15, 0.2) is 41.6 Å². The van der Waals surface area contributed by atoms with Gasteiger partial charge < -0.3 is 29.3 Å². The number of pyridine rings is 1. The highest BCUT2D eigenvalue weighted by molar-refractivity contribution is 6.07. The molecule has 2 fully saturated rings. The maximum atomic E-state index is 15.8. The normalized spacial score (nSPS) is 21.4. The molecule has 43 heavy (non-hydrogen) atoms. The zero-order valence-electron chi connectivity index (χ0n) is 24.9. The molecule has 0 unspecified atom stereocenters. The number of nitrogens with zero attached hydrogens (tertiary/aromatic N) is 6. The lowest BCUT2D eigenvalue weighted by Gasteiger charge is -2.39. The Bertz CT molecular complexity index is 1540. The standard InChI is InChI=1S/C30H36F3N7O3/c1-17-13-39(7-6-37(17)4)26-10-24(31)21(20-11-34-30(35-12-20)40-14-18(2)43-19(3)15-40)8-25(26)36-29(42)23-16-38(5)27(41)9-22(23)28(32)33/h8-12,16-19,28H,6-7,13-15H2,1-5H3,(H,36,42)/t17-,18-,19+/m0/s1. The van der Waals surface area contributed by atoms with Gasteiger partial charge in [-0.1, -0.05) is 0 Å². The molecule has 2 saturated heterocycles. The molecule has 0 radical (unpaired) electrons. The molecular formula is C30H36F3N7O3. The molecule has 3 aromatic rings. The summed E-state index contributed by atoms with van der Waals surface area (Å²) in [4.78, 5) is 40.6. The van der Waals surface area contributed by atoms with Gasteiger partial charge in [0.2, 0.25) is 5.95 Å². The Morgan fingerprint density at radius 2 is 1.67 bits per heavy atom. The van der Waals surface area contributed by atoms with Gasteiger partial charge in [-0.05, 0) is 40.0 Å². The van der Waals surface area contributed by atoms with Crippen LogP contribution >= 0.6 is 0 Å². The van der Waals surface area contributed by atoms with Gasteiger partial charge in [0.25, 0.3) is 17.9 Å². The lowest BCUT2D eigenvalue weighted by molar-refractivity contribution is -0.00572. The number of aromatic nitrogens is 3. The molecule has 1 N–H and O–H groups in total. The molecular weight excluding hydrogens is 563 g/mol. The zero-order valence-corrected chi connectivity index (χ0v) is 24.9. The molecule has 2 aromatic heterocycles. The number of carbonyl (C=O) groups is 1. The number of nitrogens with one attached hydrogen (secondary N) is 1. The summed E-state index contributed by atoms with van der Waals surface area (Å²) in [6.07, 6.45) is 1.12. The third kappa shape index (κ3) is 6.52. The first-order valence-electron chi connectivity index (χ1n) is 14.2. The summed E-state index contributed by atoms with van der Waals surface area (Å²) < 4.78 is 50.3. The summed E-state index contributed by atoms with van der Waals surface area (Å²) in [5.41, 5.74) is -0.479. The van der Waals surface area contributed by atoms with E-state index < -0.39 is 29.3 Å². The largest absolute Gasteiger partial charge is 0.372 e. The number of halogens is 3. The number of amides is 1. The van der Waals surface area contributed by atoms with Gasteiger partial charge >= 0.3 is 0 Å². The Morgan fingerprint density at radius 3 is 2.30 bits per heavy atom. The molecule has 1 aromatic carbocycles. The highest BCUT2D eigenvalue weighted by atomic mass is 19.3. The summed E-state index contributed by atoms with van der Waals surface area (Å²) >= 11 is 0. The lowest BCUT2D eigenvalue weighted by Crippen LogP contribution is -2.50. The SMILES string of the molecule is C[C@@H]1CN(c2ncc(-c3cc(NC(=O)c4cn(C)c(=O)cc4C(F)F)c(N4CCN(C)[C@@H](C)C4)cc3F)cn2)C[C@H](C)O1. The number of aryl methyl sites for hydroxylation is 1. The molecule has 1 amide bonds. The van der Waals surface area contributed by atoms with Crippen LogP contribution in [0.25, 0.3) is 11.1 Å². The van der Waals surface area contributed by atoms with Gasteiger partial charge in [-0.2, -0.15) is 0 Å². The van der Waals surface area contributed by atoms with E-state index in [1.807, 2.05) is 37.6 Å². The Balaban J connectivity index is 1.52. The number of ether oxygens (including phenoxy) is 1. The van der Waals surface area contributed by atoms with Crippen molar-refractivity contribution in [3.63, 3.8) is 0 Å². The minimum atomic E-state index is -3.04. The van der Waals surface area contributed by atoms with Crippen LogP contribution in [0.2, 0.25) is 0 Å². The number of rotatable bonds is 6. The molecule has 4 heterocycles. The monoisotopic (exact) mass is 599 g/mol. The van der Waals surface area contributed by atoms with Crippen LogP contribution in [-0.2, 0) is 11.8 Å². The fourth-order valence-electron chi connectivity index (χ4n) is 5.58. The maximum absolute atomic E-state index is 15.8. The lowest BCUT2D eigenvalue weighted by atomic mass is 10.0. The molecule has 0 saturated carbocycles. The predicted octanol–water partition coefficient (Wildman–Crippen LogP) is 3.93. The average Bonchev–Trinajstić information content (AvgIpc) is 2.96. The van der Waals surface area contributed by atoms with Crippen LogP contribution in [-0.4, -0.2) is 83.4 Å². The van der Waals surface area contributed by atoms with E-state index in [4.69, 9.17) is 4.74 Å². The fraction of sp³-hybridized carbons (Fsp3) is 0.467. The van der Waals surface area contributed by atoms with Gasteiger partial charge in [0.05, 0.1) is 29.1 Å². The summed E-state index contributed by atoms with van der Waals surface area (Å²) in [5.74, 6) is -0.883. The van der Waals surface area contributed by atoms with E-state index >= 15 is 4.39 Å². The van der Waals surface area contributed by atoms with Gasteiger partial charge in [0, 0.05) is 87.2 Å². The number of piperazine rings is 1. The molecule has 2 aliphatic heterocycles. The van der Waals surface area contributed by atoms with E-state index in [0.29, 0.717) is 49.9 Å². The first-order valence-corrected chi connectivity index (χ1v) is 14.2. The molecule has 230 valence electrons. The van der Waals surface area contributed by atoms with Crippen molar-refractivity contribution in [2.24, 2.45) is 7.05 Å². The van der Waals surface area contributed by atoms with E-state index in [1.54, 1.807) is 0 Å². The average molecular weight is 600 g/mol. The van der Waals surface area contributed by atoms with Gasteiger partial charge in [-0.15, -0.1) is 0 Å². The zero-order chi connectivity index (χ0) is 31.0. The van der Waals surface area contributed by atoms with Crippen molar-refractivity contribution in [1.29, 1.82) is 0 Å². The maximum Gasteiger partial charge on any atom is 0.264 e. The first-order chi connectivity index (χ1) is 20.4. The molecule has 0 bridgehead atoms. The number of hydrogen-bond acceptors (Lipinski definition) is 8.